The van der Waals surface area contributed by atoms with Gasteiger partial charge in [0, 0.05) is 19.3 Å². The fourth-order valence-electron chi connectivity index (χ4n) is 3.14. The third kappa shape index (κ3) is 4.94. The number of nitrogens with zero attached hydrogens (tertiary/aromatic N) is 2. The Kier molecular flexibility index (Phi) is 6.21. The molecular formula is C23H24N2O2. The van der Waals surface area contributed by atoms with E-state index in [-0.39, 0.29) is 5.56 Å². The van der Waals surface area contributed by atoms with Crippen molar-refractivity contribution < 1.29 is 9.90 Å². The van der Waals surface area contributed by atoms with Gasteiger partial charge in [-0.2, -0.15) is 0 Å². The van der Waals surface area contributed by atoms with E-state index in [9.17, 15) is 4.79 Å². The Morgan fingerprint density at radius 1 is 0.926 bits per heavy atom. The number of carboxylic acid groups (broad SMARTS) is 1. The number of aromatic nitrogens is 1. The van der Waals surface area contributed by atoms with Crippen LogP contribution in [0.4, 0.5) is 5.82 Å². The molecule has 0 saturated carbocycles. The van der Waals surface area contributed by atoms with Crippen LogP contribution >= 0.6 is 0 Å². The highest BCUT2D eigenvalue weighted by Gasteiger charge is 2.11. The van der Waals surface area contributed by atoms with Crippen LogP contribution in [0.15, 0.2) is 72.9 Å². The first-order valence-corrected chi connectivity index (χ1v) is 9.22. The topological polar surface area (TPSA) is 53.4 Å². The molecule has 4 nitrogen and oxygen atoms in total. The first-order valence-electron chi connectivity index (χ1n) is 9.22. The second-order valence-electron chi connectivity index (χ2n) is 6.48. The molecule has 0 aliphatic heterocycles. The lowest BCUT2D eigenvalue weighted by Gasteiger charge is -2.23. The zero-order valence-corrected chi connectivity index (χ0v) is 15.5. The van der Waals surface area contributed by atoms with E-state index in [1.54, 1.807) is 12.1 Å². The van der Waals surface area contributed by atoms with Crippen LogP contribution in [0.3, 0.4) is 0 Å². The number of benzene rings is 2. The molecule has 2 aromatic carbocycles. The summed E-state index contributed by atoms with van der Waals surface area (Å²) in [5, 5.41) is 9.04. The maximum Gasteiger partial charge on any atom is 0.337 e. The summed E-state index contributed by atoms with van der Waals surface area (Å²) in [6.07, 6.45) is 3.42. The summed E-state index contributed by atoms with van der Waals surface area (Å²) in [6.45, 7) is 3.63. The lowest BCUT2D eigenvalue weighted by Crippen LogP contribution is -2.24. The van der Waals surface area contributed by atoms with Gasteiger partial charge in [-0.15, -0.1) is 0 Å². The molecule has 0 amide bonds. The van der Waals surface area contributed by atoms with Crippen molar-refractivity contribution in [1.29, 1.82) is 0 Å². The molecule has 0 radical (unpaired) electrons. The minimum absolute atomic E-state index is 0.207. The van der Waals surface area contributed by atoms with E-state index in [0.29, 0.717) is 0 Å². The summed E-state index contributed by atoms with van der Waals surface area (Å²) >= 11 is 0. The predicted octanol–water partition coefficient (Wildman–Crippen LogP) is 4.59. The summed E-state index contributed by atoms with van der Waals surface area (Å²) in [6, 6.07) is 22.4. The monoisotopic (exact) mass is 360 g/mol. The quantitative estimate of drug-likeness (QED) is 0.638. The summed E-state index contributed by atoms with van der Waals surface area (Å²) in [5.74, 6) is -0.163. The summed E-state index contributed by atoms with van der Waals surface area (Å²) < 4.78 is 0. The van der Waals surface area contributed by atoms with Crippen molar-refractivity contribution >= 4 is 11.8 Å². The largest absolute Gasteiger partial charge is 0.478 e. The maximum absolute atomic E-state index is 11.0. The van der Waals surface area contributed by atoms with Gasteiger partial charge in [-0.3, -0.25) is 0 Å². The van der Waals surface area contributed by atoms with Crippen LogP contribution in [0.25, 0.3) is 0 Å². The molecule has 0 aliphatic rings. The van der Waals surface area contributed by atoms with Crippen molar-refractivity contribution in [2.75, 3.05) is 11.4 Å². The van der Waals surface area contributed by atoms with E-state index in [1.807, 2.05) is 6.07 Å². The Labute approximate surface area is 160 Å². The van der Waals surface area contributed by atoms with Gasteiger partial charge < -0.3 is 10.0 Å². The van der Waals surface area contributed by atoms with Gasteiger partial charge in [-0.1, -0.05) is 54.6 Å². The Bertz CT molecular complexity index is 876. The Hall–Kier alpha value is -3.14. The number of pyridine rings is 1. The van der Waals surface area contributed by atoms with Gasteiger partial charge >= 0.3 is 5.97 Å². The van der Waals surface area contributed by atoms with Gasteiger partial charge in [0.2, 0.25) is 0 Å². The maximum atomic E-state index is 11.0. The number of aromatic carboxylic acids is 1. The lowest BCUT2D eigenvalue weighted by atomic mass is 9.99. The van der Waals surface area contributed by atoms with Crippen LogP contribution in [-0.4, -0.2) is 22.6 Å². The Morgan fingerprint density at radius 3 is 2.26 bits per heavy atom. The zero-order chi connectivity index (χ0) is 19.1. The van der Waals surface area contributed by atoms with Crippen LogP contribution in [0.5, 0.6) is 0 Å². The molecule has 0 unspecified atom stereocenters. The molecule has 3 rings (SSSR count). The molecule has 1 heterocycles. The molecule has 1 N–H and O–H groups in total. The highest BCUT2D eigenvalue weighted by Crippen LogP contribution is 2.19. The van der Waals surface area contributed by atoms with Gasteiger partial charge in [0.15, 0.2) is 0 Å². The predicted molar refractivity (Wildman–Crippen MR) is 108 cm³/mol. The van der Waals surface area contributed by atoms with Crippen molar-refractivity contribution in [3.8, 4) is 0 Å². The smallest absolute Gasteiger partial charge is 0.337 e. The third-order valence-electron chi connectivity index (χ3n) is 4.71. The summed E-state index contributed by atoms with van der Waals surface area (Å²) in [7, 11) is 0. The molecule has 3 aromatic rings. The normalized spacial score (nSPS) is 10.6. The molecular weight excluding hydrogens is 336 g/mol. The molecule has 0 spiro atoms. The number of anilines is 1. The van der Waals surface area contributed by atoms with Gasteiger partial charge in [-0.05, 0) is 48.6 Å². The molecule has 4 heteroatoms. The van der Waals surface area contributed by atoms with Gasteiger partial charge in [-0.25, -0.2) is 9.78 Å². The number of hydrogen-bond donors (Lipinski definition) is 1. The lowest BCUT2D eigenvalue weighted by molar-refractivity contribution is 0.0696. The van der Waals surface area contributed by atoms with Crippen molar-refractivity contribution in [3.63, 3.8) is 0 Å². The van der Waals surface area contributed by atoms with Crippen molar-refractivity contribution in [3.05, 3.63) is 95.2 Å². The SMILES string of the molecule is CCN(Cc1ccccc1CCc1ccccc1)c1ccc(C(=O)O)cn1. The Morgan fingerprint density at radius 2 is 1.63 bits per heavy atom. The van der Waals surface area contributed by atoms with E-state index in [1.165, 1.54) is 22.9 Å². The third-order valence-corrected chi connectivity index (χ3v) is 4.71. The van der Waals surface area contributed by atoms with Gasteiger partial charge in [0.25, 0.3) is 0 Å². The fraction of sp³-hybridized carbons (Fsp3) is 0.217. The van der Waals surface area contributed by atoms with E-state index in [2.05, 4.69) is 65.3 Å². The Balaban J connectivity index is 1.74. The van der Waals surface area contributed by atoms with Crippen LogP contribution in [-0.2, 0) is 19.4 Å². The highest BCUT2D eigenvalue weighted by atomic mass is 16.4. The van der Waals surface area contributed by atoms with Crippen LogP contribution in [0.2, 0.25) is 0 Å². The van der Waals surface area contributed by atoms with Crippen LogP contribution in [0.1, 0.15) is 34.0 Å². The molecule has 0 fully saturated rings. The molecule has 0 saturated heterocycles. The van der Waals surface area contributed by atoms with E-state index in [4.69, 9.17) is 5.11 Å². The minimum Gasteiger partial charge on any atom is -0.478 e. The average Bonchev–Trinajstić information content (AvgIpc) is 2.72. The number of rotatable bonds is 8. The highest BCUT2D eigenvalue weighted by molar-refractivity contribution is 5.87. The standard InChI is InChI=1S/C23H24N2O2/c1-2-25(22-15-14-20(16-24-22)23(26)27)17-21-11-7-6-10-19(21)13-12-18-8-4-3-5-9-18/h3-11,14-16H,2,12-13,17H2,1H3,(H,26,27). The van der Waals surface area contributed by atoms with Gasteiger partial charge in [0.05, 0.1) is 5.56 Å². The minimum atomic E-state index is -0.955. The van der Waals surface area contributed by atoms with E-state index < -0.39 is 5.97 Å². The number of carboxylic acids is 1. The molecule has 0 atom stereocenters. The summed E-state index contributed by atoms with van der Waals surface area (Å²) in [4.78, 5) is 17.5. The molecule has 0 aliphatic carbocycles. The van der Waals surface area contributed by atoms with E-state index >= 15 is 0 Å². The second-order valence-corrected chi connectivity index (χ2v) is 6.48. The average molecular weight is 360 g/mol. The number of hydrogen-bond acceptors (Lipinski definition) is 3. The zero-order valence-electron chi connectivity index (χ0n) is 15.5. The van der Waals surface area contributed by atoms with Crippen LogP contribution in [0, 0.1) is 0 Å². The van der Waals surface area contributed by atoms with Crippen molar-refractivity contribution in [2.24, 2.45) is 0 Å². The molecule has 1 aromatic heterocycles. The van der Waals surface area contributed by atoms with Gasteiger partial charge in [0.1, 0.15) is 5.82 Å². The van der Waals surface area contributed by atoms with Crippen LogP contribution < -0.4 is 4.90 Å². The number of carbonyl (C=O) groups is 1. The molecule has 138 valence electrons. The second kappa shape index (κ2) is 8.99. The fourth-order valence-corrected chi connectivity index (χ4v) is 3.14. The molecule has 0 bridgehead atoms. The first-order chi connectivity index (χ1) is 13.2. The van der Waals surface area contributed by atoms with Crippen molar-refractivity contribution in [1.82, 2.24) is 4.98 Å². The number of aryl methyl sites for hydroxylation is 2. The molecule has 27 heavy (non-hydrogen) atoms. The van der Waals surface area contributed by atoms with E-state index in [0.717, 1.165) is 31.7 Å². The van der Waals surface area contributed by atoms with Crippen molar-refractivity contribution in [2.45, 2.75) is 26.3 Å². The first kappa shape index (κ1) is 18.6. The summed E-state index contributed by atoms with van der Waals surface area (Å²) in [5.41, 5.74) is 4.16.